The Bertz CT molecular complexity index is 1560. The fourth-order valence-corrected chi connectivity index (χ4v) is 3.93. The number of oxazole rings is 1. The van der Waals surface area contributed by atoms with Crippen LogP contribution in [-0.4, -0.2) is 16.7 Å². The van der Waals surface area contributed by atoms with Gasteiger partial charge in [0.15, 0.2) is 11.5 Å². The van der Waals surface area contributed by atoms with Gasteiger partial charge in [0.25, 0.3) is 5.91 Å². The smallest absolute Gasteiger partial charge is 0.256 e. The van der Waals surface area contributed by atoms with Crippen LogP contribution in [0.2, 0.25) is 5.02 Å². The molecule has 0 unspecified atom stereocenters. The van der Waals surface area contributed by atoms with Crippen molar-refractivity contribution in [2.75, 3.05) is 5.32 Å². The average Bonchev–Trinajstić information content (AvgIpc) is 3.40. The molecule has 1 aromatic heterocycles. The molecule has 0 aliphatic rings. The molecule has 1 heterocycles. The van der Waals surface area contributed by atoms with Gasteiger partial charge in [-0.25, -0.2) is 9.37 Å². The highest BCUT2D eigenvalue weighted by Gasteiger charge is 2.20. The number of anilines is 1. The number of nitrogens with zero attached hydrogens (tertiary/aromatic N) is 1. The van der Waals surface area contributed by atoms with Gasteiger partial charge in [0.05, 0.1) is 17.4 Å². The predicted molar refractivity (Wildman–Crippen MR) is 137 cm³/mol. The van der Waals surface area contributed by atoms with Crippen molar-refractivity contribution in [2.24, 2.45) is 0 Å². The summed E-state index contributed by atoms with van der Waals surface area (Å²) in [5.41, 5.74) is 2.50. The molecule has 5 nitrogen and oxygen atoms in total. The van der Waals surface area contributed by atoms with E-state index >= 15 is 0 Å². The minimum Gasteiger partial charge on any atom is -0.436 e. The van der Waals surface area contributed by atoms with Crippen molar-refractivity contribution >= 4 is 29.0 Å². The third-order valence-electron chi connectivity index (χ3n) is 5.55. The van der Waals surface area contributed by atoms with E-state index in [2.05, 4.69) is 10.3 Å². The lowest BCUT2D eigenvalue weighted by molar-refractivity contribution is 0.102. The summed E-state index contributed by atoms with van der Waals surface area (Å²) in [6.07, 6.45) is 1.52. The molecule has 4 aromatic carbocycles. The second kappa shape index (κ2) is 9.98. The number of benzene rings is 4. The van der Waals surface area contributed by atoms with E-state index in [0.29, 0.717) is 38.7 Å². The Morgan fingerprint density at radius 2 is 1.56 bits per heavy atom. The van der Waals surface area contributed by atoms with E-state index in [1.807, 2.05) is 6.07 Å². The van der Waals surface area contributed by atoms with E-state index in [1.165, 1.54) is 24.4 Å². The van der Waals surface area contributed by atoms with Gasteiger partial charge in [-0.05, 0) is 54.6 Å². The minimum absolute atomic E-state index is 0.233. The summed E-state index contributed by atoms with van der Waals surface area (Å²) in [4.78, 5) is 30.8. The van der Waals surface area contributed by atoms with Gasteiger partial charge in [-0.15, -0.1) is 0 Å². The Morgan fingerprint density at radius 1 is 0.833 bits per heavy atom. The zero-order valence-corrected chi connectivity index (χ0v) is 19.5. The Morgan fingerprint density at radius 3 is 2.33 bits per heavy atom. The maximum absolute atomic E-state index is 13.4. The number of hydrogen-bond acceptors (Lipinski definition) is 4. The van der Waals surface area contributed by atoms with Crippen LogP contribution in [0.25, 0.3) is 22.8 Å². The van der Waals surface area contributed by atoms with Crippen LogP contribution in [0.1, 0.15) is 26.3 Å². The van der Waals surface area contributed by atoms with Crippen molar-refractivity contribution < 1.29 is 18.4 Å². The Kier molecular flexibility index (Phi) is 6.43. The fraction of sp³-hybridized carbons (Fsp3) is 0. The van der Waals surface area contributed by atoms with E-state index in [0.717, 1.165) is 0 Å². The number of carbonyl (C=O) groups is 2. The van der Waals surface area contributed by atoms with Gasteiger partial charge < -0.3 is 9.73 Å². The maximum Gasteiger partial charge on any atom is 0.256 e. The number of nitrogens with one attached hydrogen (secondary N) is 1. The quantitative estimate of drug-likeness (QED) is 0.251. The average molecular weight is 497 g/mol. The highest BCUT2D eigenvalue weighted by atomic mass is 35.5. The van der Waals surface area contributed by atoms with Crippen LogP contribution >= 0.6 is 11.6 Å². The summed E-state index contributed by atoms with van der Waals surface area (Å²) in [6.45, 7) is 0. The van der Waals surface area contributed by atoms with Gasteiger partial charge >= 0.3 is 0 Å². The number of aromatic nitrogens is 1. The molecule has 1 N–H and O–H groups in total. The zero-order chi connectivity index (χ0) is 25.1. The summed E-state index contributed by atoms with van der Waals surface area (Å²) < 4.78 is 19.2. The number of halogens is 2. The molecule has 176 valence electrons. The second-order valence-electron chi connectivity index (χ2n) is 7.92. The first-order chi connectivity index (χ1) is 17.5. The maximum atomic E-state index is 13.4. The van der Waals surface area contributed by atoms with Crippen molar-refractivity contribution in [1.29, 1.82) is 0 Å². The van der Waals surface area contributed by atoms with Gasteiger partial charge in [-0.1, -0.05) is 54.1 Å². The molecule has 5 aromatic rings. The van der Waals surface area contributed by atoms with Gasteiger partial charge in [0, 0.05) is 27.3 Å². The van der Waals surface area contributed by atoms with E-state index in [1.54, 1.807) is 72.8 Å². The van der Waals surface area contributed by atoms with Crippen molar-refractivity contribution in [2.45, 2.75) is 0 Å². The predicted octanol–water partition coefficient (Wildman–Crippen LogP) is 7.28. The van der Waals surface area contributed by atoms with Gasteiger partial charge in [-0.2, -0.15) is 0 Å². The van der Waals surface area contributed by atoms with Crippen LogP contribution in [0.5, 0.6) is 0 Å². The lowest BCUT2D eigenvalue weighted by Gasteiger charge is -2.12. The monoisotopic (exact) mass is 496 g/mol. The summed E-state index contributed by atoms with van der Waals surface area (Å²) in [5, 5.41) is 3.21. The van der Waals surface area contributed by atoms with E-state index in [9.17, 15) is 14.0 Å². The molecule has 0 bridgehead atoms. The van der Waals surface area contributed by atoms with Crippen LogP contribution in [0.3, 0.4) is 0 Å². The summed E-state index contributed by atoms with van der Waals surface area (Å²) >= 11 is 6.16. The lowest BCUT2D eigenvalue weighted by atomic mass is 10.0. The zero-order valence-electron chi connectivity index (χ0n) is 18.7. The van der Waals surface area contributed by atoms with E-state index in [-0.39, 0.29) is 23.1 Å². The van der Waals surface area contributed by atoms with Crippen molar-refractivity contribution in [1.82, 2.24) is 4.98 Å². The van der Waals surface area contributed by atoms with E-state index in [4.69, 9.17) is 16.0 Å². The first-order valence-electron chi connectivity index (χ1n) is 11.0. The summed E-state index contributed by atoms with van der Waals surface area (Å²) in [7, 11) is 0. The summed E-state index contributed by atoms with van der Waals surface area (Å²) in [5.74, 6) is -0.395. The first kappa shape index (κ1) is 23.2. The minimum atomic E-state index is -0.448. The van der Waals surface area contributed by atoms with Gasteiger partial charge in [-0.3, -0.25) is 9.59 Å². The molecule has 7 heteroatoms. The SMILES string of the molecule is O=C(c1ccccc1)c1cc(Cl)ccc1NC(=O)c1ccccc1-c1ncc(-c2ccc(F)cc2)o1. The Balaban J connectivity index is 1.46. The molecule has 36 heavy (non-hydrogen) atoms. The third kappa shape index (κ3) is 4.80. The van der Waals surface area contributed by atoms with Crippen LogP contribution in [-0.2, 0) is 0 Å². The molecule has 5 rings (SSSR count). The third-order valence-corrected chi connectivity index (χ3v) is 5.78. The largest absolute Gasteiger partial charge is 0.436 e. The second-order valence-corrected chi connectivity index (χ2v) is 8.36. The number of carbonyl (C=O) groups excluding carboxylic acids is 2. The van der Waals surface area contributed by atoms with Crippen LogP contribution in [0.4, 0.5) is 10.1 Å². The molecule has 0 saturated carbocycles. The van der Waals surface area contributed by atoms with Crippen LogP contribution < -0.4 is 5.32 Å². The van der Waals surface area contributed by atoms with Crippen molar-refractivity contribution in [3.05, 3.63) is 131 Å². The molecule has 0 saturated heterocycles. The molecule has 0 atom stereocenters. The molecule has 0 aliphatic carbocycles. The molecule has 0 aliphatic heterocycles. The molecular weight excluding hydrogens is 479 g/mol. The first-order valence-corrected chi connectivity index (χ1v) is 11.4. The number of hydrogen-bond donors (Lipinski definition) is 1. The highest BCUT2D eigenvalue weighted by molar-refractivity contribution is 6.31. The van der Waals surface area contributed by atoms with Crippen LogP contribution in [0.15, 0.2) is 108 Å². The van der Waals surface area contributed by atoms with Crippen molar-refractivity contribution in [3.63, 3.8) is 0 Å². The molecule has 0 radical (unpaired) electrons. The number of rotatable bonds is 6. The summed E-state index contributed by atoms with van der Waals surface area (Å²) in [6, 6.07) is 26.2. The number of ketones is 1. The Labute approximate surface area is 211 Å². The highest BCUT2D eigenvalue weighted by Crippen LogP contribution is 2.30. The normalized spacial score (nSPS) is 10.7. The van der Waals surface area contributed by atoms with Crippen LogP contribution in [0, 0.1) is 5.82 Å². The Hall–Kier alpha value is -4.55. The van der Waals surface area contributed by atoms with Gasteiger partial charge in [0.2, 0.25) is 5.89 Å². The molecule has 0 fully saturated rings. The fourth-order valence-electron chi connectivity index (χ4n) is 3.76. The van der Waals surface area contributed by atoms with E-state index < -0.39 is 5.91 Å². The molecule has 0 spiro atoms. The van der Waals surface area contributed by atoms with Crippen molar-refractivity contribution in [3.8, 4) is 22.8 Å². The van der Waals surface area contributed by atoms with Gasteiger partial charge in [0.1, 0.15) is 5.82 Å². The topological polar surface area (TPSA) is 72.2 Å². The standard InChI is InChI=1S/C29H18ClFN2O3/c30-20-12-15-25(24(16-20)27(34)19-6-2-1-3-7-19)33-28(35)22-8-4-5-9-23(22)29-32-17-26(36-29)18-10-13-21(31)14-11-18/h1-17H,(H,33,35). The lowest BCUT2D eigenvalue weighted by Crippen LogP contribution is -2.16. The molecular formula is C29H18ClFN2O3. The molecule has 1 amide bonds. The number of amides is 1.